The molecule has 0 aliphatic rings. The van der Waals surface area contributed by atoms with Crippen LogP contribution in [0.25, 0.3) is 109 Å². The van der Waals surface area contributed by atoms with Crippen molar-refractivity contribution in [2.45, 2.75) is 0 Å². The van der Waals surface area contributed by atoms with Gasteiger partial charge in [-0.2, -0.15) is 0 Å². The minimum absolute atomic E-state index is 1.24. The van der Waals surface area contributed by atoms with E-state index in [0.29, 0.717) is 0 Å². The van der Waals surface area contributed by atoms with Crippen LogP contribution in [0, 0.1) is 0 Å². The van der Waals surface area contributed by atoms with Gasteiger partial charge in [-0.05, 0) is 121 Å². The first-order chi connectivity index (χ1) is 24.8. The van der Waals surface area contributed by atoms with E-state index in [1.807, 2.05) is 0 Å². The standard InChI is InChI=1S/C50H30/c1-2-9-32(10-3-1)48-41-13-4-6-15-43(41)49(44-16-7-5-14-42(44)48)38-25-27-40-36(29-38)21-17-31-18-22-37(30-46(31)40)39-26-23-35-20-19-33-11-8-12-34-24-28-45(39)50(35)47(33)34/h1-30H. The maximum atomic E-state index is 2.41. The molecular formula is C50H30. The van der Waals surface area contributed by atoms with E-state index in [2.05, 4.69) is 182 Å². The van der Waals surface area contributed by atoms with Gasteiger partial charge < -0.3 is 0 Å². The molecule has 11 rings (SSSR count). The quantitative estimate of drug-likeness (QED) is 0.135. The van der Waals surface area contributed by atoms with E-state index in [0.717, 1.165) is 0 Å². The molecule has 0 heteroatoms. The van der Waals surface area contributed by atoms with Gasteiger partial charge in [-0.3, -0.25) is 0 Å². The van der Waals surface area contributed by atoms with Crippen molar-refractivity contribution in [2.24, 2.45) is 0 Å². The van der Waals surface area contributed by atoms with Gasteiger partial charge in [-0.1, -0.05) is 170 Å². The number of rotatable bonds is 3. The molecule has 0 N–H and O–H groups in total. The fraction of sp³-hybridized carbons (Fsp3) is 0. The van der Waals surface area contributed by atoms with Gasteiger partial charge in [0.1, 0.15) is 0 Å². The molecule has 0 unspecified atom stereocenters. The Kier molecular flexibility index (Phi) is 5.76. The van der Waals surface area contributed by atoms with Crippen molar-refractivity contribution in [2.75, 3.05) is 0 Å². The van der Waals surface area contributed by atoms with Gasteiger partial charge in [-0.15, -0.1) is 0 Å². The molecule has 0 fully saturated rings. The summed E-state index contributed by atoms with van der Waals surface area (Å²) in [6.45, 7) is 0. The molecule has 0 atom stereocenters. The highest BCUT2D eigenvalue weighted by Crippen LogP contribution is 2.45. The second-order valence-corrected chi connectivity index (χ2v) is 13.6. The van der Waals surface area contributed by atoms with Crippen molar-refractivity contribution >= 4 is 75.4 Å². The zero-order chi connectivity index (χ0) is 32.8. The normalized spacial score (nSPS) is 12.0. The summed E-state index contributed by atoms with van der Waals surface area (Å²) in [4.78, 5) is 0. The summed E-state index contributed by atoms with van der Waals surface area (Å²) in [5.41, 5.74) is 7.61. The third-order valence-electron chi connectivity index (χ3n) is 11.0. The smallest absolute Gasteiger partial charge is 0.00206 e. The van der Waals surface area contributed by atoms with Crippen molar-refractivity contribution in [1.82, 2.24) is 0 Å². The molecule has 0 aliphatic heterocycles. The second-order valence-electron chi connectivity index (χ2n) is 13.6. The molecule has 0 spiro atoms. The van der Waals surface area contributed by atoms with E-state index >= 15 is 0 Å². The van der Waals surface area contributed by atoms with Gasteiger partial charge in [0.25, 0.3) is 0 Å². The lowest BCUT2D eigenvalue weighted by atomic mass is 9.85. The van der Waals surface area contributed by atoms with E-state index in [1.54, 1.807) is 0 Å². The van der Waals surface area contributed by atoms with Crippen LogP contribution in [0.15, 0.2) is 182 Å². The summed E-state index contributed by atoms with van der Waals surface area (Å²) in [5.74, 6) is 0. The van der Waals surface area contributed by atoms with E-state index in [4.69, 9.17) is 0 Å². The summed E-state index contributed by atoms with van der Waals surface area (Å²) in [6.07, 6.45) is 0. The van der Waals surface area contributed by atoms with Crippen molar-refractivity contribution in [3.63, 3.8) is 0 Å². The van der Waals surface area contributed by atoms with Crippen LogP contribution in [0.5, 0.6) is 0 Å². The van der Waals surface area contributed by atoms with Crippen LogP contribution in [0.1, 0.15) is 0 Å². The molecule has 0 radical (unpaired) electrons. The third kappa shape index (κ3) is 3.94. The van der Waals surface area contributed by atoms with Gasteiger partial charge in [-0.25, -0.2) is 0 Å². The fourth-order valence-corrected chi connectivity index (χ4v) is 8.73. The van der Waals surface area contributed by atoms with E-state index < -0.39 is 0 Å². The summed E-state index contributed by atoms with van der Waals surface area (Å²) in [5, 5.41) is 18.1. The van der Waals surface area contributed by atoms with E-state index in [-0.39, 0.29) is 0 Å². The zero-order valence-electron chi connectivity index (χ0n) is 27.3. The van der Waals surface area contributed by atoms with Crippen LogP contribution in [0.2, 0.25) is 0 Å². The zero-order valence-corrected chi connectivity index (χ0v) is 27.3. The Morgan fingerprint density at radius 3 is 1.46 bits per heavy atom. The average Bonchev–Trinajstić information content (AvgIpc) is 3.18. The maximum absolute atomic E-state index is 2.41. The van der Waals surface area contributed by atoms with Gasteiger partial charge >= 0.3 is 0 Å². The topological polar surface area (TPSA) is 0 Å². The van der Waals surface area contributed by atoms with Gasteiger partial charge in [0.05, 0.1) is 0 Å². The van der Waals surface area contributed by atoms with Crippen LogP contribution < -0.4 is 0 Å². The predicted molar refractivity (Wildman–Crippen MR) is 216 cm³/mol. The molecular weight excluding hydrogens is 601 g/mol. The first-order valence-corrected chi connectivity index (χ1v) is 17.4. The predicted octanol–water partition coefficient (Wildman–Crippen LogP) is 14.2. The van der Waals surface area contributed by atoms with Crippen LogP contribution in [-0.4, -0.2) is 0 Å². The third-order valence-corrected chi connectivity index (χ3v) is 11.0. The van der Waals surface area contributed by atoms with E-state index in [1.165, 1.54) is 109 Å². The van der Waals surface area contributed by atoms with Crippen LogP contribution in [0.3, 0.4) is 0 Å². The van der Waals surface area contributed by atoms with Crippen molar-refractivity contribution < 1.29 is 0 Å². The Morgan fingerprint density at radius 1 is 0.220 bits per heavy atom. The monoisotopic (exact) mass is 630 g/mol. The average molecular weight is 631 g/mol. The largest absolute Gasteiger partial charge is 0.0622 e. The highest BCUT2D eigenvalue weighted by molar-refractivity contribution is 6.26. The minimum Gasteiger partial charge on any atom is -0.0622 e. The number of hydrogen-bond acceptors (Lipinski definition) is 0. The molecule has 0 saturated heterocycles. The van der Waals surface area contributed by atoms with Crippen molar-refractivity contribution in [3.8, 4) is 33.4 Å². The number of hydrogen-bond donors (Lipinski definition) is 0. The fourth-order valence-electron chi connectivity index (χ4n) is 8.73. The summed E-state index contributed by atoms with van der Waals surface area (Å²) >= 11 is 0. The second kappa shape index (κ2) is 10.5. The molecule has 11 aromatic carbocycles. The number of fused-ring (bicyclic) bond motifs is 5. The lowest BCUT2D eigenvalue weighted by Crippen LogP contribution is -1.91. The first kappa shape index (κ1) is 27.5. The highest BCUT2D eigenvalue weighted by atomic mass is 14.2. The molecule has 0 bridgehead atoms. The summed E-state index contributed by atoms with van der Waals surface area (Å²) < 4.78 is 0. The van der Waals surface area contributed by atoms with Crippen molar-refractivity contribution in [1.29, 1.82) is 0 Å². The lowest BCUT2D eigenvalue weighted by molar-refractivity contribution is 1.66. The van der Waals surface area contributed by atoms with Gasteiger partial charge in [0, 0.05) is 0 Å². The van der Waals surface area contributed by atoms with Gasteiger partial charge in [0.15, 0.2) is 0 Å². The summed E-state index contributed by atoms with van der Waals surface area (Å²) in [6, 6.07) is 67.6. The molecule has 0 amide bonds. The van der Waals surface area contributed by atoms with E-state index in [9.17, 15) is 0 Å². The van der Waals surface area contributed by atoms with Gasteiger partial charge in [0.2, 0.25) is 0 Å². The molecule has 11 aromatic rings. The molecule has 230 valence electrons. The van der Waals surface area contributed by atoms with Crippen LogP contribution in [-0.2, 0) is 0 Å². The van der Waals surface area contributed by atoms with Crippen molar-refractivity contribution in [3.05, 3.63) is 182 Å². The molecule has 0 saturated carbocycles. The number of benzene rings is 11. The Morgan fingerprint density at radius 2 is 0.740 bits per heavy atom. The first-order valence-electron chi connectivity index (χ1n) is 17.4. The Hall–Kier alpha value is -6.50. The highest BCUT2D eigenvalue weighted by Gasteiger charge is 2.17. The van der Waals surface area contributed by atoms with Crippen LogP contribution in [0.4, 0.5) is 0 Å². The van der Waals surface area contributed by atoms with Crippen LogP contribution >= 0.6 is 0 Å². The molecule has 0 aliphatic carbocycles. The Labute approximate surface area is 289 Å². The Bertz CT molecular complexity index is 3060. The Balaban J connectivity index is 1.12. The molecule has 0 heterocycles. The summed E-state index contributed by atoms with van der Waals surface area (Å²) in [7, 11) is 0. The lowest BCUT2D eigenvalue weighted by Gasteiger charge is -2.18. The molecule has 0 nitrogen and oxygen atoms in total. The minimum atomic E-state index is 1.24. The maximum Gasteiger partial charge on any atom is -0.00206 e. The SMILES string of the molecule is c1ccc(-c2c3ccccc3c(-c3ccc4c(ccc5ccc(-c6ccc7ccc8cccc9ccc6c7c89)cc54)c3)c3ccccc23)cc1. The molecule has 0 aromatic heterocycles. The molecule has 50 heavy (non-hydrogen) atoms.